The lowest BCUT2D eigenvalue weighted by Crippen LogP contribution is -2.26. The van der Waals surface area contributed by atoms with Crippen LogP contribution in [0.3, 0.4) is 0 Å². The van der Waals surface area contributed by atoms with E-state index in [4.69, 9.17) is 21.1 Å². The van der Waals surface area contributed by atoms with Crippen molar-refractivity contribution in [1.29, 1.82) is 0 Å². The fourth-order valence-electron chi connectivity index (χ4n) is 1.91. The predicted octanol–water partition coefficient (Wildman–Crippen LogP) is 2.95. The van der Waals surface area contributed by atoms with Crippen molar-refractivity contribution in [2.75, 3.05) is 13.2 Å². The maximum absolute atomic E-state index is 13.1. The first-order chi connectivity index (χ1) is 8.97. The lowest BCUT2D eigenvalue weighted by atomic mass is 10.1. The molecule has 7 heteroatoms. The van der Waals surface area contributed by atoms with Gasteiger partial charge in [0, 0.05) is 11.6 Å². The number of ether oxygens (including phenoxy) is 2. The Morgan fingerprint density at radius 1 is 1.42 bits per heavy atom. The van der Waals surface area contributed by atoms with E-state index in [-0.39, 0.29) is 23.5 Å². The lowest BCUT2D eigenvalue weighted by molar-refractivity contribution is -0.0116. The van der Waals surface area contributed by atoms with Gasteiger partial charge in [0.15, 0.2) is 0 Å². The SMILES string of the molecule is O=S(=O)(F)c1cc(Cl)ccc1OCC1CCCCO1. The van der Waals surface area contributed by atoms with Gasteiger partial charge in [-0.2, -0.15) is 8.42 Å². The molecule has 2 rings (SSSR count). The van der Waals surface area contributed by atoms with Crippen LogP contribution >= 0.6 is 11.6 Å². The van der Waals surface area contributed by atoms with Crippen molar-refractivity contribution in [3.63, 3.8) is 0 Å². The largest absolute Gasteiger partial charge is 0.489 e. The van der Waals surface area contributed by atoms with E-state index in [1.807, 2.05) is 0 Å². The van der Waals surface area contributed by atoms with Gasteiger partial charge in [-0.05, 0) is 37.5 Å². The van der Waals surface area contributed by atoms with E-state index in [0.29, 0.717) is 6.61 Å². The first-order valence-electron chi connectivity index (χ1n) is 5.95. The van der Waals surface area contributed by atoms with E-state index in [1.165, 1.54) is 12.1 Å². The molecule has 1 aliphatic rings. The summed E-state index contributed by atoms with van der Waals surface area (Å²) in [5, 5.41) is 0.137. The quantitative estimate of drug-likeness (QED) is 0.803. The molecule has 0 radical (unpaired) electrons. The van der Waals surface area contributed by atoms with Crippen LogP contribution in [0.5, 0.6) is 5.75 Å². The molecule has 1 aromatic rings. The molecule has 0 spiro atoms. The summed E-state index contributed by atoms with van der Waals surface area (Å²) in [7, 11) is -4.86. The highest BCUT2D eigenvalue weighted by Crippen LogP contribution is 2.29. The molecule has 0 aliphatic carbocycles. The standard InChI is InChI=1S/C12H14ClFO4S/c13-9-4-5-11(12(7-9)19(14,15)16)18-8-10-3-1-2-6-17-10/h4-5,7,10H,1-3,6,8H2. The number of halogens is 2. The van der Waals surface area contributed by atoms with Gasteiger partial charge >= 0.3 is 10.2 Å². The van der Waals surface area contributed by atoms with Gasteiger partial charge in [-0.15, -0.1) is 3.89 Å². The number of rotatable bonds is 4. The monoisotopic (exact) mass is 308 g/mol. The minimum atomic E-state index is -4.86. The molecule has 0 N–H and O–H groups in total. The Labute approximate surface area is 116 Å². The summed E-state index contributed by atoms with van der Waals surface area (Å²) < 4.78 is 46.0. The molecular formula is C12H14ClFO4S. The molecule has 4 nitrogen and oxygen atoms in total. The normalized spacial score (nSPS) is 20.2. The number of hydrogen-bond donors (Lipinski definition) is 0. The van der Waals surface area contributed by atoms with Crippen LogP contribution in [0.25, 0.3) is 0 Å². The fourth-order valence-corrected chi connectivity index (χ4v) is 2.79. The summed E-state index contributed by atoms with van der Waals surface area (Å²) in [6, 6.07) is 3.83. The molecule has 1 saturated heterocycles. The van der Waals surface area contributed by atoms with Crippen molar-refractivity contribution in [3.05, 3.63) is 23.2 Å². The van der Waals surface area contributed by atoms with Crippen molar-refractivity contribution < 1.29 is 21.8 Å². The summed E-state index contributed by atoms with van der Waals surface area (Å²) >= 11 is 5.66. The van der Waals surface area contributed by atoms with Gasteiger partial charge < -0.3 is 9.47 Å². The third-order valence-corrected chi connectivity index (χ3v) is 3.95. The molecule has 1 aliphatic heterocycles. The van der Waals surface area contributed by atoms with Crippen LogP contribution in [0.15, 0.2) is 23.1 Å². The van der Waals surface area contributed by atoms with E-state index >= 15 is 0 Å². The van der Waals surface area contributed by atoms with Crippen LogP contribution < -0.4 is 4.74 Å². The van der Waals surface area contributed by atoms with Crippen molar-refractivity contribution in [3.8, 4) is 5.75 Å². The molecule has 19 heavy (non-hydrogen) atoms. The molecule has 0 bridgehead atoms. The first kappa shape index (κ1) is 14.6. The van der Waals surface area contributed by atoms with Crippen LogP contribution in [0.2, 0.25) is 5.02 Å². The molecule has 1 fully saturated rings. The van der Waals surface area contributed by atoms with E-state index < -0.39 is 15.1 Å². The molecule has 1 atom stereocenters. The second-order valence-electron chi connectivity index (χ2n) is 4.33. The first-order valence-corrected chi connectivity index (χ1v) is 7.71. The van der Waals surface area contributed by atoms with Crippen LogP contribution in [0, 0.1) is 0 Å². The van der Waals surface area contributed by atoms with E-state index in [2.05, 4.69) is 0 Å². The molecule has 1 aromatic carbocycles. The Kier molecular flexibility index (Phi) is 4.65. The highest BCUT2D eigenvalue weighted by molar-refractivity contribution is 7.86. The summed E-state index contributed by atoms with van der Waals surface area (Å²) in [5.41, 5.74) is 0. The number of hydrogen-bond acceptors (Lipinski definition) is 4. The van der Waals surface area contributed by atoms with Crippen molar-refractivity contribution in [2.24, 2.45) is 0 Å². The minimum Gasteiger partial charge on any atom is -0.489 e. The zero-order chi connectivity index (χ0) is 13.9. The van der Waals surface area contributed by atoms with Crippen LogP contribution in [-0.4, -0.2) is 27.7 Å². The summed E-state index contributed by atoms with van der Waals surface area (Å²) in [4.78, 5) is -0.546. The Bertz CT molecular complexity index is 541. The van der Waals surface area contributed by atoms with Crippen molar-refractivity contribution in [1.82, 2.24) is 0 Å². The maximum Gasteiger partial charge on any atom is 0.335 e. The van der Waals surface area contributed by atoms with Gasteiger partial charge in [0.1, 0.15) is 17.3 Å². The average Bonchev–Trinajstić information content (AvgIpc) is 2.37. The van der Waals surface area contributed by atoms with E-state index in [1.54, 1.807) is 0 Å². The van der Waals surface area contributed by atoms with Gasteiger partial charge in [0.25, 0.3) is 0 Å². The Hall–Kier alpha value is -0.850. The van der Waals surface area contributed by atoms with Crippen molar-refractivity contribution in [2.45, 2.75) is 30.3 Å². The van der Waals surface area contributed by atoms with E-state index in [9.17, 15) is 12.3 Å². The summed E-state index contributed by atoms with van der Waals surface area (Å²) in [6.07, 6.45) is 2.83. The Morgan fingerprint density at radius 3 is 2.84 bits per heavy atom. The molecule has 1 heterocycles. The van der Waals surface area contributed by atoms with Gasteiger partial charge in [-0.3, -0.25) is 0 Å². The van der Waals surface area contributed by atoms with Crippen LogP contribution in [0.1, 0.15) is 19.3 Å². The molecule has 0 amide bonds. The van der Waals surface area contributed by atoms with Gasteiger partial charge in [-0.1, -0.05) is 11.6 Å². The fraction of sp³-hybridized carbons (Fsp3) is 0.500. The second kappa shape index (κ2) is 6.07. The van der Waals surface area contributed by atoms with Gasteiger partial charge in [0.2, 0.25) is 0 Å². The van der Waals surface area contributed by atoms with E-state index in [0.717, 1.165) is 25.3 Å². The summed E-state index contributed by atoms with van der Waals surface area (Å²) in [6.45, 7) is 0.868. The summed E-state index contributed by atoms with van der Waals surface area (Å²) in [5.74, 6) is -0.0407. The minimum absolute atomic E-state index is 0.0407. The molecule has 1 unspecified atom stereocenters. The molecule has 106 valence electrons. The molecular weight excluding hydrogens is 295 g/mol. The van der Waals surface area contributed by atoms with Crippen LogP contribution in [0.4, 0.5) is 3.89 Å². The third kappa shape index (κ3) is 4.06. The smallest absolute Gasteiger partial charge is 0.335 e. The average molecular weight is 309 g/mol. The highest BCUT2D eigenvalue weighted by Gasteiger charge is 2.21. The number of benzene rings is 1. The zero-order valence-electron chi connectivity index (χ0n) is 10.1. The second-order valence-corrected chi connectivity index (χ2v) is 6.08. The van der Waals surface area contributed by atoms with Gasteiger partial charge in [0.05, 0.1) is 6.10 Å². The topological polar surface area (TPSA) is 52.6 Å². The van der Waals surface area contributed by atoms with Gasteiger partial charge in [-0.25, -0.2) is 0 Å². The zero-order valence-corrected chi connectivity index (χ0v) is 11.7. The van der Waals surface area contributed by atoms with Crippen molar-refractivity contribution >= 4 is 21.8 Å². The Balaban J connectivity index is 2.11. The predicted molar refractivity (Wildman–Crippen MR) is 68.8 cm³/mol. The molecule has 0 saturated carbocycles. The lowest BCUT2D eigenvalue weighted by Gasteiger charge is -2.22. The van der Waals surface area contributed by atoms with Crippen LogP contribution in [-0.2, 0) is 15.0 Å². The molecule has 0 aromatic heterocycles. The highest BCUT2D eigenvalue weighted by atomic mass is 35.5. The maximum atomic E-state index is 13.1. The Morgan fingerprint density at radius 2 is 2.21 bits per heavy atom. The third-order valence-electron chi connectivity index (χ3n) is 2.87.